The average Bonchev–Trinajstić information content (AvgIpc) is 2.61. The van der Waals surface area contributed by atoms with Crippen LogP contribution in [0.4, 0.5) is 15.8 Å². The summed E-state index contributed by atoms with van der Waals surface area (Å²) in [6.45, 7) is 0.596. The number of halogens is 2. The minimum absolute atomic E-state index is 0.390. The molecule has 1 N–H and O–H groups in total. The van der Waals surface area contributed by atoms with Crippen LogP contribution in [0.15, 0.2) is 36.4 Å². The smallest absolute Gasteiger partial charge is 0.344 e. The molecule has 0 heterocycles. The second-order valence-corrected chi connectivity index (χ2v) is 5.77. The number of nitrogens with one attached hydrogen (secondary N) is 1. The van der Waals surface area contributed by atoms with Crippen LogP contribution in [0.2, 0.25) is 5.02 Å². The lowest BCUT2D eigenvalue weighted by Gasteiger charge is -2.10. The number of aryl methyl sites for hydroxylation is 1. The van der Waals surface area contributed by atoms with Crippen molar-refractivity contribution in [1.29, 1.82) is 0 Å². The van der Waals surface area contributed by atoms with Crippen LogP contribution >= 0.6 is 11.6 Å². The summed E-state index contributed by atoms with van der Waals surface area (Å²) in [5, 5.41) is 13.3. The van der Waals surface area contributed by atoms with Crippen LogP contribution in [-0.2, 0) is 14.3 Å². The van der Waals surface area contributed by atoms with Gasteiger partial charge in [0.25, 0.3) is 11.6 Å². The lowest BCUT2D eigenvalue weighted by Crippen LogP contribution is -2.24. The van der Waals surface area contributed by atoms with E-state index in [-0.39, 0.29) is 0 Å². The SMILES string of the molecule is Cc1cc(Cl)ccc1OCC(=O)OCC(=O)Nc1cc([N+](=O)[O-])ccc1F. The van der Waals surface area contributed by atoms with Crippen LogP contribution in [-0.4, -0.2) is 30.0 Å². The van der Waals surface area contributed by atoms with Crippen molar-refractivity contribution >= 4 is 34.9 Å². The number of carbonyl (C=O) groups excluding carboxylic acids is 2. The second-order valence-electron chi connectivity index (χ2n) is 5.33. The Kier molecular flexibility index (Phi) is 6.67. The van der Waals surface area contributed by atoms with Gasteiger partial charge in [0.1, 0.15) is 11.6 Å². The fourth-order valence-corrected chi connectivity index (χ4v) is 2.23. The number of nitro groups is 1. The van der Waals surface area contributed by atoms with Gasteiger partial charge in [-0.1, -0.05) is 11.6 Å². The third kappa shape index (κ3) is 5.93. The van der Waals surface area contributed by atoms with Crippen molar-refractivity contribution in [2.24, 2.45) is 0 Å². The van der Waals surface area contributed by atoms with E-state index in [0.717, 1.165) is 18.2 Å². The van der Waals surface area contributed by atoms with Gasteiger partial charge in [0.2, 0.25) is 0 Å². The number of ether oxygens (including phenoxy) is 2. The predicted molar refractivity (Wildman–Crippen MR) is 94.3 cm³/mol. The third-order valence-electron chi connectivity index (χ3n) is 3.28. The summed E-state index contributed by atoms with van der Waals surface area (Å²) in [6.07, 6.45) is 0. The van der Waals surface area contributed by atoms with Crippen molar-refractivity contribution in [3.05, 3.63) is 62.9 Å². The Hall–Kier alpha value is -3.20. The number of esters is 1. The van der Waals surface area contributed by atoms with Gasteiger partial charge in [-0.2, -0.15) is 0 Å². The average molecular weight is 397 g/mol. The molecule has 142 valence electrons. The molecular formula is C17H14ClFN2O6. The van der Waals surface area contributed by atoms with E-state index < -0.39 is 47.2 Å². The molecule has 0 spiro atoms. The van der Waals surface area contributed by atoms with E-state index in [4.69, 9.17) is 21.1 Å². The summed E-state index contributed by atoms with van der Waals surface area (Å²) in [6, 6.07) is 7.51. The van der Waals surface area contributed by atoms with E-state index >= 15 is 0 Å². The van der Waals surface area contributed by atoms with Gasteiger partial charge in [0.05, 0.1) is 10.6 Å². The van der Waals surface area contributed by atoms with Gasteiger partial charge in [-0.25, -0.2) is 9.18 Å². The van der Waals surface area contributed by atoms with Gasteiger partial charge in [0, 0.05) is 17.2 Å². The van der Waals surface area contributed by atoms with Gasteiger partial charge < -0.3 is 14.8 Å². The molecule has 0 aromatic heterocycles. The zero-order valence-electron chi connectivity index (χ0n) is 14.0. The van der Waals surface area contributed by atoms with E-state index in [1.807, 2.05) is 0 Å². The number of carbonyl (C=O) groups is 2. The maximum atomic E-state index is 13.6. The molecule has 0 unspecified atom stereocenters. The molecule has 0 saturated heterocycles. The second kappa shape index (κ2) is 8.95. The number of hydrogen-bond donors (Lipinski definition) is 1. The summed E-state index contributed by atoms with van der Waals surface area (Å²) >= 11 is 5.81. The molecule has 10 heteroatoms. The highest BCUT2D eigenvalue weighted by Gasteiger charge is 2.15. The van der Waals surface area contributed by atoms with Crippen LogP contribution in [0.3, 0.4) is 0 Å². The minimum atomic E-state index is -0.859. The summed E-state index contributed by atoms with van der Waals surface area (Å²) in [4.78, 5) is 33.3. The van der Waals surface area contributed by atoms with Crippen molar-refractivity contribution < 1.29 is 28.4 Å². The number of hydrogen-bond acceptors (Lipinski definition) is 6. The zero-order chi connectivity index (χ0) is 20.0. The molecule has 0 saturated carbocycles. The predicted octanol–water partition coefficient (Wildman–Crippen LogP) is 3.26. The zero-order valence-corrected chi connectivity index (χ0v) is 14.8. The Balaban J connectivity index is 1.84. The third-order valence-corrected chi connectivity index (χ3v) is 3.52. The van der Waals surface area contributed by atoms with Crippen LogP contribution in [0, 0.1) is 22.9 Å². The van der Waals surface area contributed by atoms with Crippen molar-refractivity contribution in [3.8, 4) is 5.75 Å². The Bertz CT molecular complexity index is 890. The highest BCUT2D eigenvalue weighted by molar-refractivity contribution is 6.30. The first-order chi connectivity index (χ1) is 12.8. The maximum Gasteiger partial charge on any atom is 0.344 e. The Morgan fingerprint density at radius 2 is 1.96 bits per heavy atom. The molecule has 1 amide bonds. The van der Waals surface area contributed by atoms with Gasteiger partial charge in [-0.15, -0.1) is 0 Å². The number of nitro benzene ring substituents is 1. The van der Waals surface area contributed by atoms with Crippen molar-refractivity contribution in [2.75, 3.05) is 18.5 Å². The molecule has 0 bridgehead atoms. The molecule has 0 atom stereocenters. The first-order valence-corrected chi connectivity index (χ1v) is 7.92. The topological polar surface area (TPSA) is 108 Å². The van der Waals surface area contributed by atoms with Gasteiger partial charge in [-0.3, -0.25) is 14.9 Å². The first kappa shape index (κ1) is 20.1. The number of amides is 1. The standard InChI is InChI=1S/C17H14ClFN2O6/c1-10-6-11(18)2-5-15(10)26-9-17(23)27-8-16(22)20-14-7-12(21(24)25)3-4-13(14)19/h2-7H,8-9H2,1H3,(H,20,22). The Morgan fingerprint density at radius 3 is 2.63 bits per heavy atom. The van der Waals surface area contributed by atoms with Gasteiger partial charge >= 0.3 is 5.97 Å². The summed E-state index contributed by atoms with van der Waals surface area (Å²) in [5.74, 6) is -2.11. The first-order valence-electron chi connectivity index (χ1n) is 7.54. The Morgan fingerprint density at radius 1 is 1.22 bits per heavy atom. The number of nitrogens with zero attached hydrogens (tertiary/aromatic N) is 1. The normalized spacial score (nSPS) is 10.2. The largest absolute Gasteiger partial charge is 0.482 e. The maximum absolute atomic E-state index is 13.6. The molecule has 0 aliphatic rings. The quantitative estimate of drug-likeness (QED) is 0.437. The van der Waals surface area contributed by atoms with E-state index in [9.17, 15) is 24.1 Å². The molecule has 0 aliphatic heterocycles. The molecule has 2 aromatic rings. The number of benzene rings is 2. The molecule has 27 heavy (non-hydrogen) atoms. The lowest BCUT2D eigenvalue weighted by molar-refractivity contribution is -0.384. The molecule has 2 aromatic carbocycles. The minimum Gasteiger partial charge on any atom is -0.482 e. The lowest BCUT2D eigenvalue weighted by atomic mass is 10.2. The number of rotatable bonds is 7. The highest BCUT2D eigenvalue weighted by atomic mass is 35.5. The van der Waals surface area contributed by atoms with E-state index in [1.165, 1.54) is 0 Å². The number of non-ortho nitro benzene ring substituents is 1. The summed E-state index contributed by atoms with van der Waals surface area (Å²) in [7, 11) is 0. The van der Waals surface area contributed by atoms with E-state index in [2.05, 4.69) is 5.32 Å². The summed E-state index contributed by atoms with van der Waals surface area (Å²) < 4.78 is 23.6. The van der Waals surface area contributed by atoms with Crippen LogP contribution < -0.4 is 10.1 Å². The van der Waals surface area contributed by atoms with Crippen LogP contribution in [0.1, 0.15) is 5.56 Å². The molecule has 0 radical (unpaired) electrons. The fourth-order valence-electron chi connectivity index (χ4n) is 2.01. The molecule has 8 nitrogen and oxygen atoms in total. The molecular weight excluding hydrogens is 383 g/mol. The van der Waals surface area contributed by atoms with Crippen molar-refractivity contribution in [1.82, 2.24) is 0 Å². The molecule has 0 fully saturated rings. The molecule has 0 aliphatic carbocycles. The van der Waals surface area contributed by atoms with Crippen LogP contribution in [0.25, 0.3) is 0 Å². The van der Waals surface area contributed by atoms with Crippen LogP contribution in [0.5, 0.6) is 5.75 Å². The van der Waals surface area contributed by atoms with Gasteiger partial charge in [-0.05, 0) is 36.8 Å². The highest BCUT2D eigenvalue weighted by Crippen LogP contribution is 2.22. The van der Waals surface area contributed by atoms with Crippen molar-refractivity contribution in [2.45, 2.75) is 6.92 Å². The summed E-state index contributed by atoms with van der Waals surface area (Å²) in [5.41, 5.74) is -0.0668. The fraction of sp³-hybridized carbons (Fsp3) is 0.176. The number of anilines is 1. The van der Waals surface area contributed by atoms with E-state index in [1.54, 1.807) is 25.1 Å². The van der Waals surface area contributed by atoms with Crippen molar-refractivity contribution in [3.63, 3.8) is 0 Å². The molecule has 2 rings (SSSR count). The van der Waals surface area contributed by atoms with E-state index in [0.29, 0.717) is 16.3 Å². The Labute approximate surface area is 158 Å². The van der Waals surface area contributed by atoms with Gasteiger partial charge in [0.15, 0.2) is 13.2 Å². The monoisotopic (exact) mass is 396 g/mol.